The van der Waals surface area contributed by atoms with Crippen LogP contribution in [0.5, 0.6) is 0 Å². The minimum absolute atomic E-state index is 0.221. The Bertz CT molecular complexity index is 523. The Hall–Kier alpha value is -0.500. The molecule has 1 heterocycles. The molecule has 1 aromatic heterocycles. The van der Waals surface area contributed by atoms with Gasteiger partial charge in [-0.1, -0.05) is 0 Å². The Morgan fingerprint density at radius 2 is 2.20 bits per heavy atom. The van der Waals surface area contributed by atoms with Crippen molar-refractivity contribution in [2.75, 3.05) is 19.3 Å². The van der Waals surface area contributed by atoms with Crippen molar-refractivity contribution < 1.29 is 8.42 Å². The molecule has 5 nitrogen and oxygen atoms in total. The third-order valence-corrected chi connectivity index (χ3v) is 6.07. The molecule has 0 amide bonds. The van der Waals surface area contributed by atoms with Crippen molar-refractivity contribution in [2.45, 2.75) is 45.2 Å². The van der Waals surface area contributed by atoms with Crippen molar-refractivity contribution in [2.24, 2.45) is 0 Å². The van der Waals surface area contributed by atoms with Crippen LogP contribution in [0.3, 0.4) is 0 Å². The van der Waals surface area contributed by atoms with Crippen molar-refractivity contribution in [3.8, 4) is 0 Å². The summed E-state index contributed by atoms with van der Waals surface area (Å²) < 4.78 is 25.7. The lowest BCUT2D eigenvalue weighted by atomic mass is 10.3. The van der Waals surface area contributed by atoms with Crippen LogP contribution < -0.4 is 5.32 Å². The lowest BCUT2D eigenvalue weighted by Crippen LogP contribution is -2.29. The predicted octanol–water partition coefficient (Wildman–Crippen LogP) is 1.75. The van der Waals surface area contributed by atoms with Gasteiger partial charge in [0.25, 0.3) is 0 Å². The highest BCUT2D eigenvalue weighted by Gasteiger charge is 2.21. The highest BCUT2D eigenvalue weighted by molar-refractivity contribution is 7.89. The quantitative estimate of drug-likeness (QED) is 0.705. The van der Waals surface area contributed by atoms with Crippen LogP contribution in [-0.2, 0) is 16.6 Å². The minimum Gasteiger partial charge on any atom is -0.314 e. The van der Waals surface area contributed by atoms with Gasteiger partial charge in [0, 0.05) is 18.5 Å². The Labute approximate surface area is 125 Å². The SMILES string of the molecule is Cc1nc(CN(C)S(=O)(=O)CCCCNC2CC2)cs1. The summed E-state index contributed by atoms with van der Waals surface area (Å²) in [6.45, 7) is 3.22. The first-order valence-corrected chi connectivity index (χ1v) is 9.54. The molecule has 1 aliphatic rings. The molecular formula is C13H23N3O2S2. The van der Waals surface area contributed by atoms with Crippen LogP contribution in [0.4, 0.5) is 0 Å². The summed E-state index contributed by atoms with van der Waals surface area (Å²) in [5.41, 5.74) is 0.828. The molecule has 0 bridgehead atoms. The number of aryl methyl sites for hydroxylation is 1. The summed E-state index contributed by atoms with van der Waals surface area (Å²) in [4.78, 5) is 4.30. The van der Waals surface area contributed by atoms with Crippen LogP contribution in [0, 0.1) is 6.92 Å². The van der Waals surface area contributed by atoms with Gasteiger partial charge in [-0.3, -0.25) is 0 Å². The smallest absolute Gasteiger partial charge is 0.214 e. The number of thiazole rings is 1. The number of nitrogens with one attached hydrogen (secondary N) is 1. The molecule has 0 saturated heterocycles. The molecule has 0 unspecified atom stereocenters. The van der Waals surface area contributed by atoms with E-state index in [0.717, 1.165) is 23.7 Å². The summed E-state index contributed by atoms with van der Waals surface area (Å²) >= 11 is 1.55. The van der Waals surface area contributed by atoms with E-state index in [2.05, 4.69) is 10.3 Å². The topological polar surface area (TPSA) is 62.3 Å². The Balaban J connectivity index is 1.70. The van der Waals surface area contributed by atoms with Crippen LogP contribution in [0.2, 0.25) is 0 Å². The molecule has 1 saturated carbocycles. The third kappa shape index (κ3) is 5.12. The van der Waals surface area contributed by atoms with Gasteiger partial charge in [-0.2, -0.15) is 4.31 Å². The van der Waals surface area contributed by atoms with Gasteiger partial charge in [-0.15, -0.1) is 11.3 Å². The molecule has 0 aliphatic heterocycles. The summed E-state index contributed by atoms with van der Waals surface area (Å²) in [5.74, 6) is 0.221. The van der Waals surface area contributed by atoms with Crippen molar-refractivity contribution in [3.63, 3.8) is 0 Å². The van der Waals surface area contributed by atoms with Crippen LogP contribution >= 0.6 is 11.3 Å². The van der Waals surface area contributed by atoms with Gasteiger partial charge in [0.05, 0.1) is 23.0 Å². The molecule has 1 aliphatic carbocycles. The number of rotatable bonds is 9. The van der Waals surface area contributed by atoms with Crippen LogP contribution in [0.25, 0.3) is 0 Å². The monoisotopic (exact) mass is 317 g/mol. The van der Waals surface area contributed by atoms with Crippen molar-refractivity contribution in [3.05, 3.63) is 16.1 Å². The van der Waals surface area contributed by atoms with E-state index in [-0.39, 0.29) is 5.75 Å². The number of hydrogen-bond donors (Lipinski definition) is 1. The molecule has 20 heavy (non-hydrogen) atoms. The number of sulfonamides is 1. The Kier molecular flexibility index (Phi) is 5.54. The maximum atomic E-state index is 12.1. The first kappa shape index (κ1) is 15.9. The van der Waals surface area contributed by atoms with Gasteiger partial charge < -0.3 is 5.32 Å². The molecule has 0 spiro atoms. The van der Waals surface area contributed by atoms with E-state index < -0.39 is 10.0 Å². The Morgan fingerprint density at radius 3 is 2.80 bits per heavy atom. The first-order chi connectivity index (χ1) is 9.47. The summed E-state index contributed by atoms with van der Waals surface area (Å²) in [6.07, 6.45) is 4.17. The number of nitrogens with zero attached hydrogens (tertiary/aromatic N) is 2. The summed E-state index contributed by atoms with van der Waals surface area (Å²) in [5, 5.41) is 6.28. The van der Waals surface area contributed by atoms with Crippen LogP contribution in [0.1, 0.15) is 36.4 Å². The van der Waals surface area contributed by atoms with E-state index in [0.29, 0.717) is 19.0 Å². The summed E-state index contributed by atoms with van der Waals surface area (Å²) in [6, 6.07) is 0.696. The van der Waals surface area contributed by atoms with Crippen LogP contribution in [0.15, 0.2) is 5.38 Å². The van der Waals surface area contributed by atoms with Gasteiger partial charge in [0.1, 0.15) is 0 Å². The fraction of sp³-hybridized carbons (Fsp3) is 0.769. The second kappa shape index (κ2) is 6.98. The highest BCUT2D eigenvalue weighted by atomic mass is 32.2. The zero-order valence-electron chi connectivity index (χ0n) is 12.1. The lowest BCUT2D eigenvalue weighted by molar-refractivity contribution is 0.460. The minimum atomic E-state index is -3.16. The van der Waals surface area contributed by atoms with Gasteiger partial charge in [-0.25, -0.2) is 13.4 Å². The van der Waals surface area contributed by atoms with E-state index in [1.807, 2.05) is 12.3 Å². The standard InChI is InChI=1S/C13H23N3O2S2/c1-11-15-13(10-19-11)9-16(2)20(17,18)8-4-3-7-14-12-5-6-12/h10,12,14H,3-9H2,1-2H3. The molecule has 0 atom stereocenters. The molecule has 0 radical (unpaired) electrons. The van der Waals surface area contributed by atoms with Crippen molar-refractivity contribution in [1.29, 1.82) is 0 Å². The lowest BCUT2D eigenvalue weighted by Gasteiger charge is -2.16. The summed E-state index contributed by atoms with van der Waals surface area (Å²) in [7, 11) is -1.53. The second-order valence-electron chi connectivity index (χ2n) is 5.37. The molecule has 2 rings (SSSR count). The van der Waals surface area contributed by atoms with Gasteiger partial charge in [0.2, 0.25) is 10.0 Å². The molecule has 1 fully saturated rings. The predicted molar refractivity (Wildman–Crippen MR) is 82.4 cm³/mol. The number of hydrogen-bond acceptors (Lipinski definition) is 5. The molecule has 114 valence electrons. The molecule has 1 N–H and O–H groups in total. The van der Waals surface area contributed by atoms with Gasteiger partial charge in [-0.05, 0) is 39.2 Å². The van der Waals surface area contributed by atoms with Crippen LogP contribution in [-0.4, -0.2) is 43.1 Å². The average Bonchev–Trinajstić information content (AvgIpc) is 3.11. The number of unbranched alkanes of at least 4 members (excludes halogenated alkanes) is 1. The van der Waals surface area contributed by atoms with Crippen molar-refractivity contribution in [1.82, 2.24) is 14.6 Å². The van der Waals surface area contributed by atoms with Crippen molar-refractivity contribution >= 4 is 21.4 Å². The zero-order valence-corrected chi connectivity index (χ0v) is 13.8. The average molecular weight is 317 g/mol. The fourth-order valence-corrected chi connectivity index (χ4v) is 3.78. The van der Waals surface area contributed by atoms with Gasteiger partial charge >= 0.3 is 0 Å². The van der Waals surface area contributed by atoms with Gasteiger partial charge in [0.15, 0.2) is 0 Å². The van der Waals surface area contributed by atoms with E-state index in [9.17, 15) is 8.42 Å². The van der Waals surface area contributed by atoms with E-state index >= 15 is 0 Å². The maximum absolute atomic E-state index is 12.1. The molecular weight excluding hydrogens is 294 g/mol. The molecule has 0 aromatic carbocycles. The molecule has 7 heteroatoms. The second-order valence-corrected chi connectivity index (χ2v) is 8.62. The maximum Gasteiger partial charge on any atom is 0.214 e. The number of aromatic nitrogens is 1. The largest absolute Gasteiger partial charge is 0.314 e. The zero-order chi connectivity index (χ0) is 14.6. The van der Waals surface area contributed by atoms with E-state index in [1.165, 1.54) is 17.1 Å². The molecule has 1 aromatic rings. The normalized spacial score (nSPS) is 15.9. The van der Waals surface area contributed by atoms with E-state index in [1.54, 1.807) is 18.4 Å². The Morgan fingerprint density at radius 1 is 1.45 bits per heavy atom. The fourth-order valence-electron chi connectivity index (χ4n) is 1.97. The first-order valence-electron chi connectivity index (χ1n) is 7.06. The third-order valence-electron chi connectivity index (χ3n) is 3.37. The highest BCUT2D eigenvalue weighted by Crippen LogP contribution is 2.18. The van der Waals surface area contributed by atoms with E-state index in [4.69, 9.17) is 0 Å².